The first-order chi connectivity index (χ1) is 14.5. The smallest absolute Gasteiger partial charge is 0.271 e. The number of hydrogen-bond donors (Lipinski definition) is 0. The van der Waals surface area contributed by atoms with E-state index >= 15 is 0 Å². The molecule has 0 fully saturated rings. The molecule has 3 aromatic rings. The Morgan fingerprint density at radius 3 is 2.53 bits per heavy atom. The minimum absolute atomic E-state index is 0.195. The molecule has 2 aromatic carbocycles. The molecular weight excluding hydrogens is 378 g/mol. The summed E-state index contributed by atoms with van der Waals surface area (Å²) in [6, 6.07) is 14.8. The Hall–Kier alpha value is -3.61. The average molecular weight is 401 g/mol. The summed E-state index contributed by atoms with van der Waals surface area (Å²) in [5.41, 5.74) is 2.85. The Morgan fingerprint density at radius 2 is 1.80 bits per heavy atom. The molecule has 1 atom stereocenters. The number of benzene rings is 2. The van der Waals surface area contributed by atoms with Gasteiger partial charge in [-0.1, -0.05) is 36.8 Å². The second kappa shape index (κ2) is 8.02. The first kappa shape index (κ1) is 19.7. The predicted molar refractivity (Wildman–Crippen MR) is 119 cm³/mol. The van der Waals surface area contributed by atoms with Crippen LogP contribution in [0.25, 0.3) is 10.9 Å². The SMILES string of the molecule is CCCc1nc2ccccc2c(=O)n1N=C[C@H]1C(=O)N(c2ccc(C)cc2)N=C1C. The number of carbonyl (C=O) groups is 1. The number of carbonyl (C=O) groups excluding carboxylic acids is 1. The van der Waals surface area contributed by atoms with Crippen LogP contribution in [0, 0.1) is 12.8 Å². The van der Waals surface area contributed by atoms with Crippen LogP contribution < -0.4 is 10.6 Å². The van der Waals surface area contributed by atoms with Crippen LogP contribution in [0.3, 0.4) is 0 Å². The molecule has 7 heteroatoms. The van der Waals surface area contributed by atoms with Crippen molar-refractivity contribution in [3.8, 4) is 0 Å². The standard InChI is InChI=1S/C23H23N5O2/c1-4-7-21-25-20-9-6-5-8-18(20)22(29)28(21)24-14-19-16(3)26-27(23(19)30)17-12-10-15(2)11-13-17/h5-6,8-14,19H,4,7H2,1-3H3/t19-/m1/s1. The summed E-state index contributed by atoms with van der Waals surface area (Å²) in [7, 11) is 0. The first-order valence-corrected chi connectivity index (χ1v) is 10.0. The topological polar surface area (TPSA) is 79.9 Å². The number of para-hydroxylation sites is 1. The third-order valence-corrected chi connectivity index (χ3v) is 5.09. The van der Waals surface area contributed by atoms with E-state index in [9.17, 15) is 9.59 Å². The van der Waals surface area contributed by atoms with Crippen molar-refractivity contribution in [3.63, 3.8) is 0 Å². The monoisotopic (exact) mass is 401 g/mol. The van der Waals surface area contributed by atoms with Crippen LogP contribution >= 0.6 is 0 Å². The van der Waals surface area contributed by atoms with E-state index in [4.69, 9.17) is 0 Å². The van der Waals surface area contributed by atoms with E-state index in [1.54, 1.807) is 19.1 Å². The highest BCUT2D eigenvalue weighted by Crippen LogP contribution is 2.23. The van der Waals surface area contributed by atoms with E-state index in [0.717, 1.165) is 12.0 Å². The summed E-state index contributed by atoms with van der Waals surface area (Å²) in [5.74, 6) is -0.244. The van der Waals surface area contributed by atoms with Gasteiger partial charge >= 0.3 is 0 Å². The highest BCUT2D eigenvalue weighted by atomic mass is 16.2. The van der Waals surface area contributed by atoms with E-state index in [-0.39, 0.29) is 11.5 Å². The van der Waals surface area contributed by atoms with Crippen molar-refractivity contribution in [2.24, 2.45) is 16.1 Å². The second-order valence-electron chi connectivity index (χ2n) is 7.38. The van der Waals surface area contributed by atoms with Crippen molar-refractivity contribution in [1.82, 2.24) is 9.66 Å². The molecule has 1 aliphatic rings. The van der Waals surface area contributed by atoms with E-state index in [0.29, 0.717) is 34.5 Å². The minimum atomic E-state index is -0.626. The number of amides is 1. The van der Waals surface area contributed by atoms with Gasteiger partial charge in [0.1, 0.15) is 11.7 Å². The molecule has 0 N–H and O–H groups in total. The maximum absolute atomic E-state index is 13.0. The second-order valence-corrected chi connectivity index (χ2v) is 7.38. The van der Waals surface area contributed by atoms with E-state index in [2.05, 4.69) is 15.2 Å². The van der Waals surface area contributed by atoms with Gasteiger partial charge in [-0.05, 0) is 44.5 Å². The number of hydrogen-bond acceptors (Lipinski definition) is 5. The Balaban J connectivity index is 1.69. The zero-order chi connectivity index (χ0) is 21.3. The van der Waals surface area contributed by atoms with Gasteiger partial charge in [-0.3, -0.25) is 9.59 Å². The number of hydrazone groups is 1. The molecule has 0 aliphatic carbocycles. The van der Waals surface area contributed by atoms with Crippen LogP contribution in [0.4, 0.5) is 5.69 Å². The van der Waals surface area contributed by atoms with E-state index < -0.39 is 5.92 Å². The van der Waals surface area contributed by atoms with Crippen molar-refractivity contribution in [2.75, 3.05) is 5.01 Å². The predicted octanol–water partition coefficient (Wildman–Crippen LogP) is 3.53. The van der Waals surface area contributed by atoms with Gasteiger partial charge in [0.05, 0.1) is 22.3 Å². The third kappa shape index (κ3) is 3.54. The lowest BCUT2D eigenvalue weighted by Gasteiger charge is -2.13. The number of anilines is 1. The highest BCUT2D eigenvalue weighted by Gasteiger charge is 2.33. The molecule has 1 aromatic heterocycles. The first-order valence-electron chi connectivity index (χ1n) is 10.0. The molecule has 0 saturated carbocycles. The molecule has 0 saturated heterocycles. The fourth-order valence-electron chi connectivity index (χ4n) is 3.43. The van der Waals surface area contributed by atoms with Crippen LogP contribution in [-0.2, 0) is 11.2 Å². The summed E-state index contributed by atoms with van der Waals surface area (Å²) in [4.78, 5) is 30.5. The van der Waals surface area contributed by atoms with Crippen LogP contribution in [0.15, 0.2) is 63.5 Å². The largest absolute Gasteiger partial charge is 0.282 e. The molecule has 152 valence electrons. The van der Waals surface area contributed by atoms with Crippen LogP contribution in [0.1, 0.15) is 31.7 Å². The van der Waals surface area contributed by atoms with Crippen molar-refractivity contribution >= 4 is 34.4 Å². The summed E-state index contributed by atoms with van der Waals surface area (Å²) in [6.45, 7) is 5.80. The molecule has 2 heterocycles. The maximum atomic E-state index is 13.0. The summed E-state index contributed by atoms with van der Waals surface area (Å²) < 4.78 is 1.31. The van der Waals surface area contributed by atoms with Gasteiger partial charge in [0.2, 0.25) is 0 Å². The molecule has 1 aliphatic heterocycles. The van der Waals surface area contributed by atoms with Gasteiger partial charge in [-0.25, -0.2) is 4.98 Å². The molecule has 7 nitrogen and oxygen atoms in total. The molecular formula is C23H23N5O2. The van der Waals surface area contributed by atoms with Crippen molar-refractivity contribution < 1.29 is 4.79 Å². The Labute approximate surface area is 174 Å². The molecule has 0 radical (unpaired) electrons. The maximum Gasteiger partial charge on any atom is 0.282 e. The molecule has 0 spiro atoms. The van der Waals surface area contributed by atoms with Crippen LogP contribution in [0.5, 0.6) is 0 Å². The molecule has 1 amide bonds. The van der Waals surface area contributed by atoms with E-state index in [1.165, 1.54) is 15.9 Å². The van der Waals surface area contributed by atoms with Gasteiger partial charge < -0.3 is 0 Å². The third-order valence-electron chi connectivity index (χ3n) is 5.09. The fraction of sp³-hybridized carbons (Fsp3) is 0.261. The summed E-state index contributed by atoms with van der Waals surface area (Å²) in [5, 5.41) is 10.7. The Kier molecular flexibility index (Phi) is 5.27. The van der Waals surface area contributed by atoms with Gasteiger partial charge in [0.25, 0.3) is 11.5 Å². The normalized spacial score (nSPS) is 16.6. The van der Waals surface area contributed by atoms with Gasteiger partial charge in [0, 0.05) is 12.6 Å². The molecule has 0 bridgehead atoms. The zero-order valence-electron chi connectivity index (χ0n) is 17.2. The number of nitrogens with zero attached hydrogens (tertiary/aromatic N) is 5. The number of fused-ring (bicyclic) bond motifs is 1. The number of aromatic nitrogens is 2. The van der Waals surface area contributed by atoms with E-state index in [1.807, 2.05) is 50.2 Å². The average Bonchev–Trinajstić information content (AvgIpc) is 3.02. The van der Waals surface area contributed by atoms with Crippen molar-refractivity contribution in [2.45, 2.75) is 33.6 Å². The number of aryl methyl sites for hydroxylation is 2. The summed E-state index contributed by atoms with van der Waals surface area (Å²) >= 11 is 0. The lowest BCUT2D eigenvalue weighted by molar-refractivity contribution is -0.118. The van der Waals surface area contributed by atoms with Crippen molar-refractivity contribution in [3.05, 3.63) is 70.3 Å². The Bertz CT molecular complexity index is 1220. The molecule has 30 heavy (non-hydrogen) atoms. The lowest BCUT2D eigenvalue weighted by atomic mass is 10.1. The minimum Gasteiger partial charge on any atom is -0.271 e. The molecule has 0 unspecified atom stereocenters. The Morgan fingerprint density at radius 1 is 1.07 bits per heavy atom. The number of rotatable bonds is 5. The lowest BCUT2D eigenvalue weighted by Crippen LogP contribution is -2.29. The summed E-state index contributed by atoms with van der Waals surface area (Å²) in [6.07, 6.45) is 2.93. The quantitative estimate of drug-likeness (QED) is 0.614. The zero-order valence-corrected chi connectivity index (χ0v) is 17.2. The van der Waals surface area contributed by atoms with Crippen molar-refractivity contribution in [1.29, 1.82) is 0 Å². The van der Waals surface area contributed by atoms with Gasteiger partial charge in [-0.2, -0.15) is 19.9 Å². The van der Waals surface area contributed by atoms with Crippen LogP contribution in [0.2, 0.25) is 0 Å². The molecule has 4 rings (SSSR count). The fourth-order valence-corrected chi connectivity index (χ4v) is 3.43. The van der Waals surface area contributed by atoms with Gasteiger partial charge in [0.15, 0.2) is 0 Å². The van der Waals surface area contributed by atoms with Crippen LogP contribution in [-0.4, -0.2) is 27.5 Å². The van der Waals surface area contributed by atoms with Gasteiger partial charge in [-0.15, -0.1) is 0 Å². The highest BCUT2D eigenvalue weighted by molar-refractivity contribution is 6.23.